The molecule has 1 saturated heterocycles. The van der Waals surface area contributed by atoms with Crippen molar-refractivity contribution in [1.82, 2.24) is 10.2 Å². The molecule has 1 saturated carbocycles. The lowest BCUT2D eigenvalue weighted by Crippen LogP contribution is -2.44. The van der Waals surface area contributed by atoms with E-state index in [0.717, 1.165) is 16.5 Å². The number of amides is 1. The largest absolute Gasteiger partial charge is 0.350 e. The van der Waals surface area contributed by atoms with Gasteiger partial charge in [-0.25, -0.2) is 0 Å². The number of carbonyl (C=O) groups excluding carboxylic acids is 1. The zero-order chi connectivity index (χ0) is 17.6. The van der Waals surface area contributed by atoms with Gasteiger partial charge in [0.2, 0.25) is 5.91 Å². The number of hydrogen-bond donors (Lipinski definition) is 1. The summed E-state index contributed by atoms with van der Waals surface area (Å²) in [5.74, 6) is 0.824. The van der Waals surface area contributed by atoms with Crippen molar-refractivity contribution in [3.63, 3.8) is 0 Å². The molecule has 0 spiro atoms. The highest BCUT2D eigenvalue weighted by atomic mass is 35.5. The van der Waals surface area contributed by atoms with Gasteiger partial charge >= 0.3 is 0 Å². The van der Waals surface area contributed by atoms with Crippen LogP contribution in [0.3, 0.4) is 0 Å². The maximum atomic E-state index is 12.6. The van der Waals surface area contributed by atoms with Gasteiger partial charge < -0.3 is 10.2 Å². The van der Waals surface area contributed by atoms with E-state index < -0.39 is 0 Å². The second-order valence-electron chi connectivity index (χ2n) is 6.84. The Labute approximate surface area is 159 Å². The van der Waals surface area contributed by atoms with Crippen LogP contribution in [0.5, 0.6) is 0 Å². The molecule has 1 amide bonds. The van der Waals surface area contributed by atoms with Crippen LogP contribution in [-0.4, -0.2) is 40.9 Å². The summed E-state index contributed by atoms with van der Waals surface area (Å²) in [4.78, 5) is 19.5. The first-order valence-corrected chi connectivity index (χ1v) is 10.5. The maximum Gasteiger partial charge on any atom is 0.243 e. The normalized spacial score (nSPS) is 23.7. The molecule has 4 nitrogen and oxygen atoms in total. The number of rotatable bonds is 4. The van der Waals surface area contributed by atoms with Crippen molar-refractivity contribution in [3.8, 4) is 0 Å². The van der Waals surface area contributed by atoms with Crippen LogP contribution < -0.4 is 5.32 Å². The van der Waals surface area contributed by atoms with Crippen molar-refractivity contribution in [3.05, 3.63) is 34.9 Å². The summed E-state index contributed by atoms with van der Waals surface area (Å²) in [5, 5.41) is 4.74. The third-order valence-corrected chi connectivity index (χ3v) is 6.28. The molecule has 1 N–H and O–H groups in total. The summed E-state index contributed by atoms with van der Waals surface area (Å²) in [6.45, 7) is 0.503. The second-order valence-corrected chi connectivity index (χ2v) is 8.27. The van der Waals surface area contributed by atoms with Gasteiger partial charge in [-0.2, -0.15) is 0 Å². The minimum absolute atomic E-state index is 0.0565. The molecule has 6 heteroatoms. The molecule has 3 rings (SSSR count). The SMILES string of the molecule is CN1C(=NC2CCCCCC2)SCC1C(=O)NCc1cccc(Cl)c1. The van der Waals surface area contributed by atoms with Crippen molar-refractivity contribution in [2.24, 2.45) is 4.99 Å². The van der Waals surface area contributed by atoms with Crippen LogP contribution in [0.15, 0.2) is 29.3 Å². The lowest BCUT2D eigenvalue weighted by atomic mass is 10.1. The highest BCUT2D eigenvalue weighted by molar-refractivity contribution is 8.14. The standard InChI is InChI=1S/C19H26ClN3OS/c1-23-17(18(24)21-12-14-7-6-8-15(20)11-14)13-25-19(23)22-16-9-4-2-3-5-10-16/h6-8,11,16-17H,2-5,9-10,12-13H2,1H3,(H,21,24). The van der Waals surface area contributed by atoms with Crippen molar-refractivity contribution in [1.29, 1.82) is 0 Å². The molecule has 2 aliphatic rings. The molecule has 1 aromatic rings. The summed E-state index contributed by atoms with van der Waals surface area (Å²) in [7, 11) is 1.99. The molecule has 1 atom stereocenters. The van der Waals surface area contributed by atoms with Crippen LogP contribution in [0.4, 0.5) is 0 Å². The van der Waals surface area contributed by atoms with E-state index in [2.05, 4.69) is 5.32 Å². The molecule has 136 valence electrons. The van der Waals surface area contributed by atoms with E-state index in [4.69, 9.17) is 16.6 Å². The van der Waals surface area contributed by atoms with Crippen LogP contribution >= 0.6 is 23.4 Å². The zero-order valence-electron chi connectivity index (χ0n) is 14.7. The van der Waals surface area contributed by atoms with E-state index in [1.165, 1.54) is 38.5 Å². The fourth-order valence-electron chi connectivity index (χ4n) is 3.38. The van der Waals surface area contributed by atoms with Crippen LogP contribution in [-0.2, 0) is 11.3 Å². The molecule has 1 heterocycles. The van der Waals surface area contributed by atoms with Crippen molar-refractivity contribution in [2.75, 3.05) is 12.8 Å². The van der Waals surface area contributed by atoms with Gasteiger partial charge in [0.1, 0.15) is 6.04 Å². The van der Waals surface area contributed by atoms with Crippen LogP contribution in [0.2, 0.25) is 5.02 Å². The number of nitrogens with one attached hydrogen (secondary N) is 1. The molecule has 1 aliphatic heterocycles. The number of thioether (sulfide) groups is 1. The Morgan fingerprint density at radius 2 is 2.08 bits per heavy atom. The maximum absolute atomic E-state index is 12.6. The Balaban J connectivity index is 1.55. The fourth-order valence-corrected chi connectivity index (χ4v) is 4.83. The molecule has 0 bridgehead atoms. The number of amidine groups is 1. The van der Waals surface area contributed by atoms with Gasteiger partial charge in [0.05, 0.1) is 6.04 Å². The third kappa shape index (κ3) is 5.14. The van der Waals surface area contributed by atoms with E-state index in [1.54, 1.807) is 11.8 Å². The zero-order valence-corrected chi connectivity index (χ0v) is 16.3. The Kier molecular flexibility index (Phi) is 6.65. The Hall–Kier alpha value is -1.20. The average Bonchev–Trinajstić information content (AvgIpc) is 2.80. The van der Waals surface area contributed by atoms with Gasteiger partial charge in [-0.1, -0.05) is 61.2 Å². The van der Waals surface area contributed by atoms with Crippen LogP contribution in [0.25, 0.3) is 0 Å². The first-order chi connectivity index (χ1) is 12.1. The van der Waals surface area contributed by atoms with Crippen molar-refractivity contribution >= 4 is 34.4 Å². The van der Waals surface area contributed by atoms with Crippen LogP contribution in [0, 0.1) is 0 Å². The van der Waals surface area contributed by atoms with Gasteiger partial charge in [0, 0.05) is 24.4 Å². The summed E-state index contributed by atoms with van der Waals surface area (Å²) in [6, 6.07) is 7.88. The van der Waals surface area contributed by atoms with Crippen LogP contribution in [0.1, 0.15) is 44.1 Å². The topological polar surface area (TPSA) is 44.7 Å². The first kappa shape index (κ1) is 18.6. The first-order valence-electron chi connectivity index (χ1n) is 9.09. The minimum atomic E-state index is -0.145. The van der Waals surface area contributed by atoms with Gasteiger partial charge in [0.25, 0.3) is 0 Å². The molecule has 0 radical (unpaired) electrons. The molecular weight excluding hydrogens is 354 g/mol. The molecule has 2 fully saturated rings. The number of halogens is 1. The number of likely N-dealkylation sites (N-methyl/N-ethyl adjacent to an activating group) is 1. The Bertz CT molecular complexity index is 629. The average molecular weight is 380 g/mol. The Morgan fingerprint density at radius 1 is 1.32 bits per heavy atom. The summed E-state index contributed by atoms with van der Waals surface area (Å²) < 4.78 is 0. The number of benzene rings is 1. The molecular formula is C19H26ClN3OS. The monoisotopic (exact) mass is 379 g/mol. The second kappa shape index (κ2) is 8.95. The molecule has 1 aliphatic carbocycles. The quantitative estimate of drug-likeness (QED) is 0.801. The highest BCUT2D eigenvalue weighted by Gasteiger charge is 2.33. The van der Waals surface area contributed by atoms with Gasteiger partial charge in [-0.05, 0) is 30.5 Å². The van der Waals surface area contributed by atoms with Crippen molar-refractivity contribution in [2.45, 2.75) is 57.2 Å². The van der Waals surface area contributed by atoms with E-state index in [0.29, 0.717) is 17.6 Å². The van der Waals surface area contributed by atoms with Gasteiger partial charge in [-0.15, -0.1) is 0 Å². The molecule has 1 unspecified atom stereocenters. The summed E-state index contributed by atoms with van der Waals surface area (Å²) in [6.07, 6.45) is 7.59. The van der Waals surface area contributed by atoms with E-state index in [9.17, 15) is 4.79 Å². The lowest BCUT2D eigenvalue weighted by Gasteiger charge is -2.21. The molecule has 0 aromatic heterocycles. The third-order valence-electron chi connectivity index (χ3n) is 4.92. The van der Waals surface area contributed by atoms with E-state index in [1.807, 2.05) is 36.2 Å². The molecule has 1 aromatic carbocycles. The summed E-state index contributed by atoms with van der Waals surface area (Å²) >= 11 is 7.70. The number of hydrogen-bond acceptors (Lipinski definition) is 3. The van der Waals surface area contributed by atoms with E-state index in [-0.39, 0.29) is 11.9 Å². The fraction of sp³-hybridized carbons (Fsp3) is 0.579. The van der Waals surface area contributed by atoms with E-state index >= 15 is 0 Å². The predicted octanol–water partition coefficient (Wildman–Crippen LogP) is 4.08. The van der Waals surface area contributed by atoms with Gasteiger partial charge in [0.15, 0.2) is 5.17 Å². The minimum Gasteiger partial charge on any atom is -0.350 e. The van der Waals surface area contributed by atoms with Gasteiger partial charge in [-0.3, -0.25) is 9.79 Å². The lowest BCUT2D eigenvalue weighted by molar-refractivity contribution is -0.124. The number of aliphatic imine (C=N–C) groups is 1. The Morgan fingerprint density at radius 3 is 2.80 bits per heavy atom. The molecule has 25 heavy (non-hydrogen) atoms. The summed E-state index contributed by atoms with van der Waals surface area (Å²) in [5.41, 5.74) is 1.02. The predicted molar refractivity (Wildman–Crippen MR) is 106 cm³/mol. The number of nitrogens with zero attached hydrogens (tertiary/aromatic N) is 2. The highest BCUT2D eigenvalue weighted by Crippen LogP contribution is 2.27. The van der Waals surface area contributed by atoms with Crippen molar-refractivity contribution < 1.29 is 4.79 Å². The smallest absolute Gasteiger partial charge is 0.243 e. The number of carbonyl (C=O) groups is 1.